The fourth-order valence-electron chi connectivity index (χ4n) is 3.98. The Morgan fingerprint density at radius 3 is 2.08 bits per heavy atom. The van der Waals surface area contributed by atoms with Gasteiger partial charge in [0.05, 0.1) is 18.0 Å². The number of hydrogen-bond donors (Lipinski definition) is 6. The molecule has 1 fully saturated rings. The molecule has 1 saturated heterocycles. The number of aromatic hydroxyl groups is 1. The summed E-state index contributed by atoms with van der Waals surface area (Å²) < 4.78 is 10.4. The summed E-state index contributed by atoms with van der Waals surface area (Å²) in [6.07, 6.45) is 15.5. The van der Waals surface area contributed by atoms with Crippen molar-refractivity contribution >= 4 is 35.1 Å². The molecule has 1 heterocycles. The number of carbonyl (C=O) groups excluding carboxylic acids is 1. The maximum atomic E-state index is 11.1. The zero-order valence-electron chi connectivity index (χ0n) is 32.6. The van der Waals surface area contributed by atoms with Crippen molar-refractivity contribution in [1.29, 1.82) is 5.41 Å². The summed E-state index contributed by atoms with van der Waals surface area (Å²) in [5.41, 5.74) is 18.8. The number of nitrogens with one attached hydrogen (secondary N) is 1. The van der Waals surface area contributed by atoms with Crippen molar-refractivity contribution in [2.75, 3.05) is 33.9 Å². The average molecular weight is 732 g/mol. The summed E-state index contributed by atoms with van der Waals surface area (Å²) in [5.74, 6) is 7.65. The van der Waals surface area contributed by atoms with Crippen molar-refractivity contribution in [2.24, 2.45) is 39.9 Å². The zero-order chi connectivity index (χ0) is 40.5. The fourth-order valence-corrected chi connectivity index (χ4v) is 4.10. The van der Waals surface area contributed by atoms with Crippen molar-refractivity contribution in [3.05, 3.63) is 76.6 Å². The van der Waals surface area contributed by atoms with Crippen LogP contribution in [0.25, 0.3) is 5.57 Å². The van der Waals surface area contributed by atoms with E-state index in [0.29, 0.717) is 28.5 Å². The largest absolute Gasteiger partial charge is 0.506 e. The number of nitrogens with two attached hydrogens (primary N) is 4. The van der Waals surface area contributed by atoms with E-state index >= 15 is 0 Å². The minimum atomic E-state index is -0.403. The number of aliphatic imine (C=N–C) groups is 1. The van der Waals surface area contributed by atoms with E-state index in [1.807, 2.05) is 33.8 Å². The molecule has 10 N–H and O–H groups in total. The Balaban J connectivity index is -0.000000286. The summed E-state index contributed by atoms with van der Waals surface area (Å²) in [7, 11) is 3.10. The first-order valence-electron chi connectivity index (χ1n) is 16.8. The molecule has 1 amide bonds. The predicted octanol–water partition coefficient (Wildman–Crippen LogP) is 7.32. The highest BCUT2D eigenvalue weighted by atomic mass is 35.5. The van der Waals surface area contributed by atoms with Crippen molar-refractivity contribution in [3.63, 3.8) is 0 Å². The van der Waals surface area contributed by atoms with Gasteiger partial charge in [-0.3, -0.25) is 4.79 Å². The summed E-state index contributed by atoms with van der Waals surface area (Å²) in [6.45, 7) is 22.5. The Labute approximate surface area is 313 Å². The van der Waals surface area contributed by atoms with Crippen LogP contribution in [0, 0.1) is 37.0 Å². The van der Waals surface area contributed by atoms with E-state index in [1.54, 1.807) is 43.4 Å². The van der Waals surface area contributed by atoms with Gasteiger partial charge < -0.3 is 42.2 Å². The van der Waals surface area contributed by atoms with Crippen molar-refractivity contribution in [1.82, 2.24) is 5.01 Å². The second-order valence-electron chi connectivity index (χ2n) is 10.9. The van der Waals surface area contributed by atoms with Gasteiger partial charge in [-0.15, -0.1) is 12.8 Å². The van der Waals surface area contributed by atoms with Crippen molar-refractivity contribution in [2.45, 2.75) is 74.7 Å². The van der Waals surface area contributed by atoms with Crippen LogP contribution in [0.3, 0.4) is 0 Å². The number of terminal acetylenes is 1. The normalized spacial score (nSPS) is 11.9. The number of benzene rings is 2. The van der Waals surface area contributed by atoms with Gasteiger partial charge in [0.15, 0.2) is 0 Å². The van der Waals surface area contributed by atoms with Gasteiger partial charge in [-0.05, 0) is 81.3 Å². The van der Waals surface area contributed by atoms with E-state index in [4.69, 9.17) is 43.8 Å². The minimum absolute atomic E-state index is 0.0274. The Morgan fingerprint density at radius 1 is 1.20 bits per heavy atom. The molecule has 2 aromatic rings. The number of allylic oxidation sites excluding steroid dienone is 1. The fraction of sp³-hybridized carbons (Fsp3) is 0.462. The first-order valence-corrected chi connectivity index (χ1v) is 17.2. The lowest BCUT2D eigenvalue weighted by atomic mass is 10.0. The number of phenols is 1. The van der Waals surface area contributed by atoms with Gasteiger partial charge in [0.2, 0.25) is 5.91 Å². The van der Waals surface area contributed by atoms with Gasteiger partial charge in [0.25, 0.3) is 0 Å². The van der Waals surface area contributed by atoms with Gasteiger partial charge in [-0.2, -0.15) is 0 Å². The summed E-state index contributed by atoms with van der Waals surface area (Å²) in [5, 5.41) is 18.5. The van der Waals surface area contributed by atoms with Crippen molar-refractivity contribution < 1.29 is 19.4 Å². The quantitative estimate of drug-likeness (QED) is 0.0506. The molecule has 1 aliphatic heterocycles. The maximum absolute atomic E-state index is 11.1. The monoisotopic (exact) mass is 731 g/mol. The highest BCUT2D eigenvalue weighted by molar-refractivity contribution is 6.32. The molecule has 0 unspecified atom stereocenters. The number of nitrogens with zero attached hydrogens (tertiary/aromatic N) is 2. The molecular formula is C39H66ClN7O4. The Kier molecular flexibility index (Phi) is 35.8. The number of aryl methyl sites for hydroxylation is 1. The zero-order valence-corrected chi connectivity index (χ0v) is 33.4. The van der Waals surface area contributed by atoms with E-state index in [9.17, 15) is 9.90 Å². The molecule has 11 nitrogen and oxygen atoms in total. The molecule has 0 aliphatic carbocycles. The summed E-state index contributed by atoms with van der Waals surface area (Å²) in [6, 6.07) is 8.32. The molecule has 0 saturated carbocycles. The molecule has 0 radical (unpaired) electrons. The van der Waals surface area contributed by atoms with E-state index < -0.39 is 5.91 Å². The molecule has 3 rings (SSSR count). The third-order valence-corrected chi connectivity index (χ3v) is 6.76. The van der Waals surface area contributed by atoms with Crippen LogP contribution >= 0.6 is 11.6 Å². The van der Waals surface area contributed by atoms with Crippen LogP contribution in [-0.2, 0) is 11.2 Å². The molecular weight excluding hydrogens is 666 g/mol. The van der Waals surface area contributed by atoms with Gasteiger partial charge in [-0.1, -0.05) is 71.9 Å². The molecule has 0 aromatic heterocycles. The van der Waals surface area contributed by atoms with E-state index in [2.05, 4.69) is 50.9 Å². The first kappa shape index (κ1) is 53.5. The molecule has 0 atom stereocenters. The molecule has 0 spiro atoms. The van der Waals surface area contributed by atoms with Gasteiger partial charge in [-0.25, -0.2) is 10.8 Å². The number of hydrazine groups is 1. The molecule has 2 aromatic carbocycles. The third kappa shape index (κ3) is 25.3. The second kappa shape index (κ2) is 34.1. The van der Waals surface area contributed by atoms with Gasteiger partial charge in [0, 0.05) is 55.1 Å². The van der Waals surface area contributed by atoms with E-state index in [1.165, 1.54) is 32.2 Å². The number of halogens is 1. The van der Waals surface area contributed by atoms with Crippen molar-refractivity contribution in [3.8, 4) is 24.3 Å². The second-order valence-corrected chi connectivity index (χ2v) is 11.3. The smallest absolute Gasteiger partial charge is 0.249 e. The highest BCUT2D eigenvalue weighted by Gasteiger charge is 2.13. The van der Waals surface area contributed by atoms with Crippen LogP contribution in [0.5, 0.6) is 11.5 Å². The Bertz CT molecular complexity index is 1320. The first-order chi connectivity index (χ1) is 24.2. The standard InChI is InChI=1S/C11H12ClN3O.C11H15NO2.C6H14N2.C6H12O.C2H6.C2H2.CH5N/c1-7(14)15-6-9(5-13)8-2-3-10(12)11(16)4-8;1-4-8-9(11(12)13)6-5-7(2)10(8)14-3;1-4-8(7)5-6(2)3;1-6-2-4-7-5-3-6;3*1-2/h2-6,13,16H,1H3,(H2,14,15);5-6H,4H2,1-3H3,(H2,12,13);4,6H,1,5,7H2,2-3H3;6H,2-5H2,1H3;1-2H3;1-2H;2H2,1H3/b9-6+,13-5?;;;;;;. The van der Waals surface area contributed by atoms with Crippen LogP contribution < -0.4 is 27.8 Å². The van der Waals surface area contributed by atoms with Crippen LogP contribution in [-0.4, -0.2) is 62.0 Å². The minimum Gasteiger partial charge on any atom is -0.506 e. The van der Waals surface area contributed by atoms with E-state index in [-0.39, 0.29) is 10.8 Å². The van der Waals surface area contributed by atoms with Crippen LogP contribution in [0.15, 0.2) is 54.3 Å². The van der Waals surface area contributed by atoms with Crippen LogP contribution in [0.1, 0.15) is 88.4 Å². The number of methoxy groups -OCH3 is 1. The number of amides is 1. The lowest BCUT2D eigenvalue weighted by Crippen LogP contribution is -2.28. The number of hydrogen-bond acceptors (Lipinski definition) is 9. The lowest BCUT2D eigenvalue weighted by Gasteiger charge is -2.16. The number of primary amides is 1. The number of ether oxygens (including phenoxy) is 2. The topological polar surface area (TPSA) is 199 Å². The number of carbonyl (C=O) groups is 1. The highest BCUT2D eigenvalue weighted by Crippen LogP contribution is 2.27. The Morgan fingerprint density at radius 2 is 1.75 bits per heavy atom. The summed E-state index contributed by atoms with van der Waals surface area (Å²) in [4.78, 5) is 15.0. The predicted molar refractivity (Wildman–Crippen MR) is 219 cm³/mol. The SMILES string of the molecule is C#C.C=CN(N)CC(C)C.CC.CC(N)=N/C=C(\C=N)c1ccc(Cl)c(O)c1.CC1CCOCC1.CCc1c(C(N)=O)ccc(C)c1OC.CN. The van der Waals surface area contributed by atoms with Gasteiger partial charge >= 0.3 is 0 Å². The molecule has 12 heteroatoms. The number of rotatable bonds is 9. The van der Waals surface area contributed by atoms with E-state index in [0.717, 1.165) is 55.2 Å². The number of phenolic OH excluding ortho intramolecular Hbond substituents is 1. The maximum Gasteiger partial charge on any atom is 0.249 e. The molecule has 0 bridgehead atoms. The lowest BCUT2D eigenvalue weighted by molar-refractivity contribution is 0.0716. The van der Waals surface area contributed by atoms with Crippen LogP contribution in [0.2, 0.25) is 5.02 Å². The Hall–Kier alpha value is -4.34. The number of amidine groups is 1. The molecule has 1 aliphatic rings. The van der Waals surface area contributed by atoms with Gasteiger partial charge in [0.1, 0.15) is 11.5 Å². The molecule has 288 valence electrons. The average Bonchev–Trinajstić information content (AvgIpc) is 3.13. The van der Waals surface area contributed by atoms with Crippen LogP contribution in [0.4, 0.5) is 0 Å². The molecule has 51 heavy (non-hydrogen) atoms. The summed E-state index contributed by atoms with van der Waals surface area (Å²) >= 11 is 5.68. The third-order valence-electron chi connectivity index (χ3n) is 6.44.